The maximum absolute atomic E-state index is 3.64. The van der Waals surface area contributed by atoms with E-state index in [1.165, 1.54) is 36.8 Å². The quantitative estimate of drug-likeness (QED) is 0.824. The van der Waals surface area contributed by atoms with Gasteiger partial charge in [0.15, 0.2) is 0 Å². The number of nitrogens with zero attached hydrogens (tertiary/aromatic N) is 1. The van der Waals surface area contributed by atoms with E-state index >= 15 is 0 Å². The molecule has 0 heterocycles. The van der Waals surface area contributed by atoms with Crippen molar-refractivity contribution in [3.05, 3.63) is 71.8 Å². The van der Waals surface area contributed by atoms with Crippen molar-refractivity contribution in [3.8, 4) is 0 Å². The molecule has 1 fully saturated rings. The van der Waals surface area contributed by atoms with Crippen LogP contribution in [0.5, 0.6) is 0 Å². The van der Waals surface area contributed by atoms with Crippen LogP contribution in [0.3, 0.4) is 0 Å². The summed E-state index contributed by atoms with van der Waals surface area (Å²) in [6.07, 6.45) is 5.30. The highest BCUT2D eigenvalue weighted by atomic mass is 15.2. The van der Waals surface area contributed by atoms with Gasteiger partial charge in [0, 0.05) is 25.2 Å². The summed E-state index contributed by atoms with van der Waals surface area (Å²) in [5.41, 5.74) is 3.09. The van der Waals surface area contributed by atoms with Crippen molar-refractivity contribution >= 4 is 0 Å². The minimum Gasteiger partial charge on any atom is -0.313 e. The average Bonchev–Trinajstić information content (AvgIpc) is 3.06. The summed E-state index contributed by atoms with van der Waals surface area (Å²) in [4.78, 5) is 2.60. The van der Waals surface area contributed by atoms with Crippen molar-refractivity contribution in [1.82, 2.24) is 10.2 Å². The third-order valence-electron chi connectivity index (χ3n) is 5.12. The zero-order valence-electron chi connectivity index (χ0n) is 14.2. The van der Waals surface area contributed by atoms with Crippen LogP contribution in [-0.4, -0.2) is 24.0 Å². The van der Waals surface area contributed by atoms with Crippen LogP contribution in [0.2, 0.25) is 0 Å². The molecule has 2 aromatic rings. The molecule has 3 rings (SSSR count). The number of hydrogen-bond acceptors (Lipinski definition) is 2. The van der Waals surface area contributed by atoms with Gasteiger partial charge in [0.25, 0.3) is 0 Å². The van der Waals surface area contributed by atoms with Crippen LogP contribution >= 0.6 is 0 Å². The zero-order valence-corrected chi connectivity index (χ0v) is 14.2. The summed E-state index contributed by atoms with van der Waals surface area (Å²) >= 11 is 0. The van der Waals surface area contributed by atoms with Crippen LogP contribution in [0.25, 0.3) is 0 Å². The number of nitrogens with one attached hydrogen (secondary N) is 1. The smallest absolute Gasteiger partial charge is 0.0306 e. The maximum Gasteiger partial charge on any atom is 0.0306 e. The third kappa shape index (κ3) is 4.43. The monoisotopic (exact) mass is 308 g/mol. The summed E-state index contributed by atoms with van der Waals surface area (Å²) in [7, 11) is 2.13. The topological polar surface area (TPSA) is 15.3 Å². The molecule has 1 aliphatic rings. The van der Waals surface area contributed by atoms with E-state index in [1.54, 1.807) is 0 Å². The van der Waals surface area contributed by atoms with E-state index in [0.717, 1.165) is 19.6 Å². The van der Waals surface area contributed by atoms with Crippen LogP contribution in [0.1, 0.15) is 36.8 Å². The molecule has 0 saturated heterocycles. The lowest BCUT2D eigenvalue weighted by Crippen LogP contribution is -2.49. The fraction of sp³-hybridized carbons (Fsp3) is 0.429. The molecule has 0 bridgehead atoms. The van der Waals surface area contributed by atoms with Gasteiger partial charge in [-0.25, -0.2) is 0 Å². The summed E-state index contributed by atoms with van der Waals surface area (Å²) < 4.78 is 0. The minimum absolute atomic E-state index is 0.295. The van der Waals surface area contributed by atoms with Crippen LogP contribution in [0.4, 0.5) is 0 Å². The van der Waals surface area contributed by atoms with Gasteiger partial charge in [-0.2, -0.15) is 0 Å². The van der Waals surface area contributed by atoms with Gasteiger partial charge in [-0.05, 0) is 31.0 Å². The van der Waals surface area contributed by atoms with E-state index < -0.39 is 0 Å². The van der Waals surface area contributed by atoms with Gasteiger partial charge in [-0.15, -0.1) is 0 Å². The van der Waals surface area contributed by atoms with Gasteiger partial charge in [0.05, 0.1) is 0 Å². The number of hydrogen-bond donors (Lipinski definition) is 1. The highest BCUT2D eigenvalue weighted by Gasteiger charge is 2.33. The Balaban J connectivity index is 1.75. The Morgan fingerprint density at radius 3 is 1.74 bits per heavy atom. The molecule has 122 valence electrons. The first-order valence-electron chi connectivity index (χ1n) is 8.79. The fourth-order valence-electron chi connectivity index (χ4n) is 3.82. The van der Waals surface area contributed by atoms with E-state index in [4.69, 9.17) is 0 Å². The summed E-state index contributed by atoms with van der Waals surface area (Å²) in [5.74, 6) is 0. The van der Waals surface area contributed by atoms with E-state index in [9.17, 15) is 0 Å². The predicted octanol–water partition coefficient (Wildman–Crippen LogP) is 4.22. The third-order valence-corrected chi connectivity index (χ3v) is 5.12. The Labute approximate surface area is 140 Å². The summed E-state index contributed by atoms with van der Waals surface area (Å²) in [6, 6.07) is 21.7. The number of benzene rings is 2. The van der Waals surface area contributed by atoms with Crippen LogP contribution in [0.15, 0.2) is 60.7 Å². The zero-order chi connectivity index (χ0) is 16.0. The maximum atomic E-state index is 3.64. The van der Waals surface area contributed by atoms with Gasteiger partial charge in [0.1, 0.15) is 0 Å². The van der Waals surface area contributed by atoms with Crippen LogP contribution in [0, 0.1) is 0 Å². The molecule has 0 atom stereocenters. The van der Waals surface area contributed by atoms with Crippen LogP contribution < -0.4 is 5.32 Å². The molecule has 0 radical (unpaired) electrons. The summed E-state index contributed by atoms with van der Waals surface area (Å²) in [6.45, 7) is 3.14. The Bertz CT molecular complexity index is 532. The first-order chi connectivity index (χ1) is 11.3. The first kappa shape index (κ1) is 16.2. The number of likely N-dealkylation sites (N-methyl/N-ethyl adjacent to an activating group) is 1. The lowest BCUT2D eigenvalue weighted by Gasteiger charge is -2.35. The van der Waals surface area contributed by atoms with Crippen molar-refractivity contribution in [2.24, 2.45) is 0 Å². The Hall–Kier alpha value is -1.64. The molecule has 0 aliphatic heterocycles. The molecule has 0 spiro atoms. The van der Waals surface area contributed by atoms with Crippen molar-refractivity contribution < 1.29 is 0 Å². The predicted molar refractivity (Wildman–Crippen MR) is 97.3 cm³/mol. The normalized spacial score (nSPS) is 16.8. The molecular weight excluding hydrogens is 280 g/mol. The number of rotatable bonds is 7. The van der Waals surface area contributed by atoms with E-state index in [0.29, 0.717) is 5.54 Å². The highest BCUT2D eigenvalue weighted by molar-refractivity contribution is 5.17. The molecule has 23 heavy (non-hydrogen) atoms. The minimum atomic E-state index is 0.295. The van der Waals surface area contributed by atoms with Gasteiger partial charge in [0.2, 0.25) is 0 Å². The molecule has 2 heteroatoms. The van der Waals surface area contributed by atoms with Gasteiger partial charge < -0.3 is 5.32 Å². The molecule has 0 amide bonds. The van der Waals surface area contributed by atoms with Crippen molar-refractivity contribution in [1.29, 1.82) is 0 Å². The highest BCUT2D eigenvalue weighted by Crippen LogP contribution is 2.31. The van der Waals surface area contributed by atoms with E-state index in [2.05, 4.69) is 77.9 Å². The molecule has 0 aromatic heterocycles. The first-order valence-corrected chi connectivity index (χ1v) is 8.79. The SMILES string of the molecule is CNC1(CN(Cc2ccccc2)Cc2ccccc2)CCCC1. The van der Waals surface area contributed by atoms with Gasteiger partial charge in [-0.3, -0.25) is 4.90 Å². The van der Waals surface area contributed by atoms with E-state index in [1.807, 2.05) is 0 Å². The van der Waals surface area contributed by atoms with Crippen LogP contribution in [-0.2, 0) is 13.1 Å². The standard InChI is InChI=1S/C21H28N2/c1-22-21(14-8-9-15-21)18-23(16-19-10-4-2-5-11-19)17-20-12-6-3-7-13-20/h2-7,10-13,22H,8-9,14-18H2,1H3. The molecule has 1 N–H and O–H groups in total. The average molecular weight is 308 g/mol. The fourth-order valence-corrected chi connectivity index (χ4v) is 3.82. The van der Waals surface area contributed by atoms with E-state index in [-0.39, 0.29) is 0 Å². The Kier molecular flexibility index (Phi) is 5.47. The molecule has 1 saturated carbocycles. The lowest BCUT2D eigenvalue weighted by molar-refractivity contribution is 0.173. The molecule has 0 unspecified atom stereocenters. The molecule has 2 nitrogen and oxygen atoms in total. The largest absolute Gasteiger partial charge is 0.313 e. The Morgan fingerprint density at radius 2 is 1.30 bits per heavy atom. The second-order valence-corrected chi connectivity index (χ2v) is 6.85. The lowest BCUT2D eigenvalue weighted by atomic mass is 9.96. The summed E-state index contributed by atoms with van der Waals surface area (Å²) in [5, 5.41) is 3.64. The van der Waals surface area contributed by atoms with Crippen molar-refractivity contribution in [3.63, 3.8) is 0 Å². The van der Waals surface area contributed by atoms with Gasteiger partial charge in [-0.1, -0.05) is 73.5 Å². The van der Waals surface area contributed by atoms with Crippen molar-refractivity contribution in [2.45, 2.75) is 44.3 Å². The second-order valence-electron chi connectivity index (χ2n) is 6.85. The van der Waals surface area contributed by atoms with Gasteiger partial charge >= 0.3 is 0 Å². The molecule has 2 aromatic carbocycles. The second kappa shape index (κ2) is 7.76. The molecule has 1 aliphatic carbocycles. The molecular formula is C21H28N2. The van der Waals surface area contributed by atoms with Crippen molar-refractivity contribution in [2.75, 3.05) is 13.6 Å². The Morgan fingerprint density at radius 1 is 0.826 bits per heavy atom.